The van der Waals surface area contributed by atoms with E-state index in [4.69, 9.17) is 10.5 Å². The second-order valence-corrected chi connectivity index (χ2v) is 10.0. The molecular weight excluding hydrogens is 424 g/mol. The fourth-order valence-electron chi connectivity index (χ4n) is 2.71. The van der Waals surface area contributed by atoms with Crippen molar-refractivity contribution in [3.05, 3.63) is 16.7 Å². The fourth-order valence-corrected chi connectivity index (χ4v) is 4.61. The predicted octanol–water partition coefficient (Wildman–Crippen LogP) is 2.54. The Bertz CT molecular complexity index is 756. The SMILES string of the molecule is CC(C)(C)NC(=O)OC1CCC(NS(=O)(=O)c2cc(Br)cnc2N)CC1. The number of halogens is 1. The summed E-state index contributed by atoms with van der Waals surface area (Å²) in [6.07, 6.45) is 3.13. The molecule has 1 heterocycles. The zero-order chi connectivity index (χ0) is 19.5. The third kappa shape index (κ3) is 6.10. The number of alkyl carbamates (subject to hydrolysis) is 1. The topological polar surface area (TPSA) is 123 Å². The summed E-state index contributed by atoms with van der Waals surface area (Å²) in [5.41, 5.74) is 5.33. The second-order valence-electron chi connectivity index (χ2n) is 7.41. The molecule has 0 atom stereocenters. The second kappa shape index (κ2) is 8.10. The molecule has 0 bridgehead atoms. The van der Waals surface area contributed by atoms with Crippen LogP contribution in [0.5, 0.6) is 0 Å². The molecule has 4 N–H and O–H groups in total. The first-order valence-corrected chi connectivity index (χ1v) is 10.7. The van der Waals surface area contributed by atoms with Crippen molar-refractivity contribution >= 4 is 37.9 Å². The molecule has 1 fully saturated rings. The van der Waals surface area contributed by atoms with Crippen LogP contribution in [-0.4, -0.2) is 37.2 Å². The van der Waals surface area contributed by atoms with Gasteiger partial charge in [-0.25, -0.2) is 22.9 Å². The first-order valence-electron chi connectivity index (χ1n) is 8.38. The zero-order valence-corrected chi connectivity index (χ0v) is 17.5. The molecule has 0 radical (unpaired) electrons. The highest BCUT2D eigenvalue weighted by Crippen LogP contribution is 2.25. The molecule has 10 heteroatoms. The lowest BCUT2D eigenvalue weighted by Crippen LogP contribution is -2.44. The van der Waals surface area contributed by atoms with Crippen LogP contribution >= 0.6 is 15.9 Å². The summed E-state index contributed by atoms with van der Waals surface area (Å²) in [4.78, 5) is 15.6. The lowest BCUT2D eigenvalue weighted by molar-refractivity contribution is 0.0658. The van der Waals surface area contributed by atoms with Crippen molar-refractivity contribution in [2.24, 2.45) is 0 Å². The van der Waals surface area contributed by atoms with Gasteiger partial charge in [-0.15, -0.1) is 0 Å². The van der Waals surface area contributed by atoms with Crippen LogP contribution < -0.4 is 15.8 Å². The number of pyridine rings is 1. The van der Waals surface area contributed by atoms with Crippen molar-refractivity contribution in [3.63, 3.8) is 0 Å². The van der Waals surface area contributed by atoms with Crippen LogP contribution in [0.15, 0.2) is 21.6 Å². The van der Waals surface area contributed by atoms with E-state index in [0.29, 0.717) is 30.2 Å². The van der Waals surface area contributed by atoms with Crippen molar-refractivity contribution in [3.8, 4) is 0 Å². The Labute approximate surface area is 162 Å². The molecule has 0 saturated heterocycles. The van der Waals surface area contributed by atoms with Gasteiger partial charge >= 0.3 is 6.09 Å². The Morgan fingerprint density at radius 1 is 1.31 bits per heavy atom. The maximum absolute atomic E-state index is 12.5. The average molecular weight is 449 g/mol. The van der Waals surface area contributed by atoms with Gasteiger partial charge in [0.25, 0.3) is 0 Å². The van der Waals surface area contributed by atoms with E-state index >= 15 is 0 Å². The predicted molar refractivity (Wildman–Crippen MR) is 102 cm³/mol. The summed E-state index contributed by atoms with van der Waals surface area (Å²) >= 11 is 3.20. The van der Waals surface area contributed by atoms with Gasteiger partial charge in [0.1, 0.15) is 16.8 Å². The van der Waals surface area contributed by atoms with E-state index in [1.165, 1.54) is 12.3 Å². The van der Waals surface area contributed by atoms with Gasteiger partial charge in [-0.2, -0.15) is 0 Å². The molecule has 1 amide bonds. The van der Waals surface area contributed by atoms with E-state index in [9.17, 15) is 13.2 Å². The van der Waals surface area contributed by atoms with Crippen molar-refractivity contribution < 1.29 is 17.9 Å². The van der Waals surface area contributed by atoms with Crippen molar-refractivity contribution in [2.75, 3.05) is 5.73 Å². The molecule has 146 valence electrons. The van der Waals surface area contributed by atoms with Crippen molar-refractivity contribution in [1.29, 1.82) is 0 Å². The average Bonchev–Trinajstić information content (AvgIpc) is 2.49. The zero-order valence-electron chi connectivity index (χ0n) is 15.1. The van der Waals surface area contributed by atoms with Crippen LogP contribution in [0, 0.1) is 0 Å². The van der Waals surface area contributed by atoms with E-state index in [1.807, 2.05) is 20.8 Å². The maximum Gasteiger partial charge on any atom is 0.407 e. The highest BCUT2D eigenvalue weighted by molar-refractivity contribution is 9.10. The van der Waals surface area contributed by atoms with Crippen LogP contribution in [0.3, 0.4) is 0 Å². The maximum atomic E-state index is 12.5. The highest BCUT2D eigenvalue weighted by atomic mass is 79.9. The minimum Gasteiger partial charge on any atom is -0.446 e. The van der Waals surface area contributed by atoms with Crippen molar-refractivity contribution in [2.45, 2.75) is 69.0 Å². The highest BCUT2D eigenvalue weighted by Gasteiger charge is 2.29. The summed E-state index contributed by atoms with van der Waals surface area (Å²) in [6, 6.07) is 1.19. The van der Waals surface area contributed by atoms with Crippen LogP contribution in [0.2, 0.25) is 0 Å². The quantitative estimate of drug-likeness (QED) is 0.649. The van der Waals surface area contributed by atoms with E-state index < -0.39 is 16.1 Å². The van der Waals surface area contributed by atoms with Crippen LogP contribution in [0.4, 0.5) is 10.6 Å². The summed E-state index contributed by atoms with van der Waals surface area (Å²) in [5, 5.41) is 2.75. The van der Waals surface area contributed by atoms with E-state index in [2.05, 4.69) is 31.0 Å². The Hall–Kier alpha value is -1.39. The van der Waals surface area contributed by atoms with Gasteiger partial charge < -0.3 is 15.8 Å². The van der Waals surface area contributed by atoms with Crippen LogP contribution in [0.1, 0.15) is 46.5 Å². The lowest BCUT2D eigenvalue weighted by Gasteiger charge is -2.30. The monoisotopic (exact) mass is 448 g/mol. The number of nitrogens with one attached hydrogen (secondary N) is 2. The molecule has 0 aromatic carbocycles. The summed E-state index contributed by atoms with van der Waals surface area (Å²) < 4.78 is 33.7. The number of nitrogens with two attached hydrogens (primary N) is 1. The van der Waals surface area contributed by atoms with Gasteiger partial charge in [-0.3, -0.25) is 0 Å². The molecule has 0 aliphatic heterocycles. The first-order chi connectivity index (χ1) is 12.0. The van der Waals surface area contributed by atoms with Gasteiger partial charge in [0.2, 0.25) is 10.0 Å². The number of hydrogen-bond acceptors (Lipinski definition) is 6. The molecule has 1 aromatic rings. The number of aromatic nitrogens is 1. The number of anilines is 1. The third-order valence-corrected chi connectivity index (χ3v) is 5.87. The lowest BCUT2D eigenvalue weighted by atomic mass is 9.94. The fraction of sp³-hybridized carbons (Fsp3) is 0.625. The summed E-state index contributed by atoms with van der Waals surface area (Å²) in [7, 11) is -3.77. The number of nitrogen functional groups attached to an aromatic ring is 1. The molecule has 0 unspecified atom stereocenters. The Kier molecular flexibility index (Phi) is 6.51. The molecule has 26 heavy (non-hydrogen) atoms. The molecule has 1 saturated carbocycles. The van der Waals surface area contributed by atoms with Gasteiger partial charge in [0.05, 0.1) is 0 Å². The largest absolute Gasteiger partial charge is 0.446 e. The Morgan fingerprint density at radius 2 is 1.92 bits per heavy atom. The van der Waals surface area contributed by atoms with Gasteiger partial charge in [0, 0.05) is 22.3 Å². The number of ether oxygens (including phenoxy) is 1. The number of sulfonamides is 1. The van der Waals surface area contributed by atoms with E-state index in [-0.39, 0.29) is 28.4 Å². The van der Waals surface area contributed by atoms with Crippen LogP contribution in [-0.2, 0) is 14.8 Å². The molecule has 1 aliphatic carbocycles. The van der Waals surface area contributed by atoms with Crippen LogP contribution in [0.25, 0.3) is 0 Å². The molecule has 0 spiro atoms. The first kappa shape index (κ1) is 20.9. The smallest absolute Gasteiger partial charge is 0.407 e. The molecule has 8 nitrogen and oxygen atoms in total. The minimum absolute atomic E-state index is 0.0448. The third-order valence-electron chi connectivity index (χ3n) is 3.88. The van der Waals surface area contributed by atoms with Gasteiger partial charge in [-0.05, 0) is 68.5 Å². The van der Waals surface area contributed by atoms with E-state index in [1.54, 1.807) is 0 Å². The molecule has 1 aromatic heterocycles. The molecule has 2 rings (SSSR count). The normalized spacial score (nSPS) is 21.2. The van der Waals surface area contributed by atoms with Gasteiger partial charge in [-0.1, -0.05) is 0 Å². The molecule has 1 aliphatic rings. The van der Waals surface area contributed by atoms with Crippen molar-refractivity contribution in [1.82, 2.24) is 15.0 Å². The Balaban J connectivity index is 1.90. The minimum atomic E-state index is -3.77. The number of carbonyl (C=O) groups excluding carboxylic acids is 1. The summed E-state index contributed by atoms with van der Waals surface area (Å²) in [6.45, 7) is 5.63. The standard InChI is InChI=1S/C16H25BrN4O4S/c1-16(2,3)20-15(22)25-12-6-4-11(5-7-12)21-26(23,24)13-8-10(17)9-19-14(13)18/h8-9,11-12,21H,4-7H2,1-3H3,(H2,18,19)(H,20,22). The summed E-state index contributed by atoms with van der Waals surface area (Å²) in [5.74, 6) is -0.0448. The number of nitrogens with zero attached hydrogens (tertiary/aromatic N) is 1. The number of rotatable bonds is 4. The number of hydrogen-bond donors (Lipinski definition) is 3. The van der Waals surface area contributed by atoms with E-state index in [0.717, 1.165) is 0 Å². The Morgan fingerprint density at radius 3 is 2.50 bits per heavy atom. The number of amides is 1. The number of carbonyl (C=O) groups is 1. The van der Waals surface area contributed by atoms with Gasteiger partial charge in [0.15, 0.2) is 0 Å². The molecular formula is C16H25BrN4O4S.